The highest BCUT2D eigenvalue weighted by molar-refractivity contribution is 7.80. The van der Waals surface area contributed by atoms with Crippen molar-refractivity contribution in [3.8, 4) is 0 Å². The number of amides is 4. The van der Waals surface area contributed by atoms with E-state index in [4.69, 9.17) is 21.7 Å². The molecule has 4 amide bonds. The van der Waals surface area contributed by atoms with Crippen LogP contribution in [0, 0.1) is 0 Å². The summed E-state index contributed by atoms with van der Waals surface area (Å²) in [5.74, 6) is -7.24. The van der Waals surface area contributed by atoms with E-state index < -0.39 is 79.2 Å². The monoisotopic (exact) mass is 437 g/mol. The Labute approximate surface area is 169 Å². The van der Waals surface area contributed by atoms with E-state index in [1.807, 2.05) is 10.6 Å². The minimum absolute atomic E-state index is 0.300. The summed E-state index contributed by atoms with van der Waals surface area (Å²) in [6.45, 7) is -0.905. The third-order valence-electron chi connectivity index (χ3n) is 3.38. The summed E-state index contributed by atoms with van der Waals surface area (Å²) in [5.41, 5.74) is 10.2. The van der Waals surface area contributed by atoms with Gasteiger partial charge in [-0.1, -0.05) is 0 Å². The maximum absolute atomic E-state index is 12.2. The third-order valence-corrected chi connectivity index (χ3v) is 3.75. The van der Waals surface area contributed by atoms with E-state index in [0.29, 0.717) is 0 Å². The number of thiol groups is 1. The van der Waals surface area contributed by atoms with Crippen LogP contribution in [0.4, 0.5) is 0 Å². The summed E-state index contributed by atoms with van der Waals surface area (Å²) in [5, 5.41) is 33.0. The summed E-state index contributed by atoms with van der Waals surface area (Å²) in [6.07, 6.45) is -1.41. The molecule has 4 unspecified atom stereocenters. The van der Waals surface area contributed by atoms with Gasteiger partial charge in [0.2, 0.25) is 23.6 Å². The molecule has 0 bridgehead atoms. The van der Waals surface area contributed by atoms with Crippen LogP contribution >= 0.6 is 12.6 Å². The molecule has 0 rings (SSSR count). The second kappa shape index (κ2) is 12.5. The Morgan fingerprint density at radius 2 is 1.31 bits per heavy atom. The zero-order valence-corrected chi connectivity index (χ0v) is 15.9. The number of nitrogens with two attached hydrogens (primary N) is 2. The van der Waals surface area contributed by atoms with E-state index in [1.54, 1.807) is 0 Å². The molecule has 0 aromatic heterocycles. The molecule has 0 spiro atoms. The van der Waals surface area contributed by atoms with Crippen molar-refractivity contribution in [3.63, 3.8) is 0 Å². The van der Waals surface area contributed by atoms with Gasteiger partial charge in [-0.2, -0.15) is 12.6 Å². The molecule has 0 heterocycles. The molecule has 0 radical (unpaired) electrons. The van der Waals surface area contributed by atoms with E-state index >= 15 is 0 Å². The first kappa shape index (κ1) is 26.1. The van der Waals surface area contributed by atoms with Crippen LogP contribution in [-0.2, 0) is 28.8 Å². The first-order valence-corrected chi connectivity index (χ1v) is 8.67. The maximum atomic E-state index is 12.2. The lowest BCUT2D eigenvalue weighted by atomic mass is 10.1. The number of primary amides is 1. The number of carboxylic acids is 2. The normalized spacial score (nSPS) is 14.6. The first-order valence-electron chi connectivity index (χ1n) is 8.04. The largest absolute Gasteiger partial charge is 0.481 e. The quantitative estimate of drug-likeness (QED) is 0.124. The number of aliphatic hydroxyl groups is 1. The molecule has 0 saturated heterocycles. The average Bonchev–Trinajstić information content (AvgIpc) is 2.61. The number of aliphatic hydroxyl groups excluding tert-OH is 1. The molecule has 0 fully saturated rings. The van der Waals surface area contributed by atoms with Crippen molar-refractivity contribution in [2.24, 2.45) is 11.5 Å². The fourth-order valence-electron chi connectivity index (χ4n) is 1.89. The standard InChI is InChI=1S/C14H23N5O9S/c15-5(1-10(22)23)11(24)18-7(3-20)12(25)19-8(4-29)13(26)17-6(14(27)28)2-9(16)21/h5-8,20,29H,1-4,15H2,(H2,16,21)(H,17,26)(H,18,24)(H,19,25)(H,22,23)(H,27,28). The molecule has 4 atom stereocenters. The summed E-state index contributed by atoms with van der Waals surface area (Å²) >= 11 is 3.86. The zero-order valence-electron chi connectivity index (χ0n) is 15.0. The average molecular weight is 437 g/mol. The summed E-state index contributed by atoms with van der Waals surface area (Å²) in [7, 11) is 0. The van der Waals surface area contributed by atoms with Crippen LogP contribution in [0.25, 0.3) is 0 Å². The van der Waals surface area contributed by atoms with Crippen LogP contribution in [0.15, 0.2) is 0 Å². The second-order valence-electron chi connectivity index (χ2n) is 5.76. The Balaban J connectivity index is 5.02. The summed E-state index contributed by atoms with van der Waals surface area (Å²) < 4.78 is 0. The van der Waals surface area contributed by atoms with Crippen molar-refractivity contribution in [2.75, 3.05) is 12.4 Å². The van der Waals surface area contributed by atoms with Crippen molar-refractivity contribution in [1.29, 1.82) is 0 Å². The molecular formula is C14H23N5O9S. The molecule has 0 aromatic carbocycles. The van der Waals surface area contributed by atoms with E-state index in [-0.39, 0.29) is 5.75 Å². The molecular weight excluding hydrogens is 414 g/mol. The Morgan fingerprint density at radius 1 is 0.828 bits per heavy atom. The lowest BCUT2D eigenvalue weighted by Crippen LogP contribution is -2.58. The van der Waals surface area contributed by atoms with Gasteiger partial charge in [-0.15, -0.1) is 0 Å². The number of carboxylic acid groups (broad SMARTS) is 2. The number of hydrogen-bond donors (Lipinski definition) is 9. The molecule has 0 aliphatic carbocycles. The van der Waals surface area contributed by atoms with Crippen molar-refractivity contribution < 1.29 is 44.1 Å². The SMILES string of the molecule is NC(=O)CC(NC(=O)C(CS)NC(=O)C(CO)NC(=O)C(N)CC(=O)O)C(=O)O. The number of aliphatic carboxylic acids is 2. The van der Waals surface area contributed by atoms with E-state index in [0.717, 1.165) is 0 Å². The van der Waals surface area contributed by atoms with Gasteiger partial charge in [-0.05, 0) is 0 Å². The highest BCUT2D eigenvalue weighted by atomic mass is 32.1. The highest BCUT2D eigenvalue weighted by Gasteiger charge is 2.30. The summed E-state index contributed by atoms with van der Waals surface area (Å²) in [6, 6.07) is -6.08. The van der Waals surface area contributed by atoms with Gasteiger partial charge in [0.05, 0.1) is 25.5 Å². The number of rotatable bonds is 13. The van der Waals surface area contributed by atoms with Gasteiger partial charge < -0.3 is 42.7 Å². The predicted octanol–water partition coefficient (Wildman–Crippen LogP) is -4.88. The van der Waals surface area contributed by atoms with Crippen LogP contribution < -0.4 is 27.4 Å². The maximum Gasteiger partial charge on any atom is 0.326 e. The summed E-state index contributed by atoms with van der Waals surface area (Å²) in [4.78, 5) is 68.6. The number of nitrogens with one attached hydrogen (secondary N) is 3. The van der Waals surface area contributed by atoms with Gasteiger partial charge in [0.15, 0.2) is 0 Å². The van der Waals surface area contributed by atoms with Crippen LogP contribution in [0.1, 0.15) is 12.8 Å². The lowest BCUT2D eigenvalue weighted by Gasteiger charge is -2.23. The fourth-order valence-corrected chi connectivity index (χ4v) is 2.15. The van der Waals surface area contributed by atoms with Gasteiger partial charge in [0, 0.05) is 5.75 Å². The molecule has 164 valence electrons. The van der Waals surface area contributed by atoms with Crippen molar-refractivity contribution >= 4 is 48.2 Å². The zero-order chi connectivity index (χ0) is 22.7. The Hall–Kier alpha value is -2.91. The van der Waals surface area contributed by atoms with Crippen molar-refractivity contribution in [1.82, 2.24) is 16.0 Å². The van der Waals surface area contributed by atoms with Crippen LogP contribution in [0.2, 0.25) is 0 Å². The minimum atomic E-state index is -1.64. The number of hydrogen-bond acceptors (Lipinski definition) is 9. The lowest BCUT2D eigenvalue weighted by molar-refractivity contribution is -0.143. The molecule has 0 saturated carbocycles. The topological polar surface area (TPSA) is 251 Å². The van der Waals surface area contributed by atoms with Crippen LogP contribution in [0.5, 0.6) is 0 Å². The van der Waals surface area contributed by atoms with Crippen molar-refractivity contribution in [3.05, 3.63) is 0 Å². The van der Waals surface area contributed by atoms with Gasteiger partial charge in [-0.3, -0.25) is 24.0 Å². The number of carbonyl (C=O) groups is 6. The first-order chi connectivity index (χ1) is 13.4. The Kier molecular flexibility index (Phi) is 11.3. The number of carbonyl (C=O) groups excluding carboxylic acids is 4. The van der Waals surface area contributed by atoms with Crippen LogP contribution in [0.3, 0.4) is 0 Å². The molecule has 0 aromatic rings. The molecule has 14 nitrogen and oxygen atoms in total. The van der Waals surface area contributed by atoms with Gasteiger partial charge in [-0.25, -0.2) is 4.79 Å². The van der Waals surface area contributed by atoms with E-state index in [1.165, 1.54) is 0 Å². The van der Waals surface area contributed by atoms with E-state index in [2.05, 4.69) is 17.9 Å². The van der Waals surface area contributed by atoms with Gasteiger partial charge in [0.1, 0.15) is 18.1 Å². The second-order valence-corrected chi connectivity index (χ2v) is 6.13. The van der Waals surface area contributed by atoms with Crippen molar-refractivity contribution in [2.45, 2.75) is 37.0 Å². The third kappa shape index (κ3) is 9.72. The molecule has 15 heteroatoms. The molecule has 10 N–H and O–H groups in total. The molecule has 29 heavy (non-hydrogen) atoms. The van der Waals surface area contributed by atoms with Gasteiger partial charge >= 0.3 is 11.9 Å². The highest BCUT2D eigenvalue weighted by Crippen LogP contribution is 1.98. The minimum Gasteiger partial charge on any atom is -0.481 e. The van der Waals surface area contributed by atoms with Crippen LogP contribution in [-0.4, -0.2) is 87.4 Å². The smallest absolute Gasteiger partial charge is 0.326 e. The predicted molar refractivity (Wildman–Crippen MR) is 98.4 cm³/mol. The molecule has 0 aliphatic rings. The van der Waals surface area contributed by atoms with E-state index in [9.17, 15) is 33.9 Å². The fraction of sp³-hybridized carbons (Fsp3) is 0.571. The van der Waals surface area contributed by atoms with Gasteiger partial charge in [0.25, 0.3) is 0 Å². The molecule has 0 aliphatic heterocycles. The Bertz CT molecular complexity index is 659. The Morgan fingerprint density at radius 3 is 1.72 bits per heavy atom.